The molecule has 4 heteroatoms. The van der Waals surface area contributed by atoms with Crippen LogP contribution >= 0.6 is 15.9 Å². The van der Waals surface area contributed by atoms with Crippen molar-refractivity contribution in [3.63, 3.8) is 0 Å². The molecule has 2 nitrogen and oxygen atoms in total. The number of halogens is 1. The van der Waals surface area contributed by atoms with Gasteiger partial charge in [0.1, 0.15) is 0 Å². The van der Waals surface area contributed by atoms with E-state index in [2.05, 4.69) is 47.1 Å². The van der Waals surface area contributed by atoms with Crippen molar-refractivity contribution in [2.75, 3.05) is 13.2 Å². The van der Waals surface area contributed by atoms with Crippen molar-refractivity contribution in [3.8, 4) is 0 Å². The van der Waals surface area contributed by atoms with Crippen molar-refractivity contribution in [2.45, 2.75) is 39.2 Å². The standard InChI is InChI=1S/C14H23BrO2Si/c1-4-7-14(18(16-5-2)17-6-3)12-8-10-13(15)11-9-12/h8-11,14,18H,4-7H2,1-3H3. The third kappa shape index (κ3) is 4.84. The lowest BCUT2D eigenvalue weighted by atomic mass is 10.1. The van der Waals surface area contributed by atoms with E-state index >= 15 is 0 Å². The molecule has 0 radical (unpaired) electrons. The second-order valence-electron chi connectivity index (χ2n) is 4.23. The van der Waals surface area contributed by atoms with E-state index in [4.69, 9.17) is 8.85 Å². The maximum atomic E-state index is 5.89. The van der Waals surface area contributed by atoms with Crippen LogP contribution in [-0.2, 0) is 8.85 Å². The molecular weight excluding hydrogens is 308 g/mol. The van der Waals surface area contributed by atoms with E-state index in [1.165, 1.54) is 5.56 Å². The van der Waals surface area contributed by atoms with Crippen LogP contribution in [0.4, 0.5) is 0 Å². The summed E-state index contributed by atoms with van der Waals surface area (Å²) in [6.45, 7) is 7.80. The highest BCUT2D eigenvalue weighted by molar-refractivity contribution is 9.10. The SMILES string of the molecule is CCCC(c1ccc(Br)cc1)[SiH](OCC)OCC. The van der Waals surface area contributed by atoms with Gasteiger partial charge in [0.2, 0.25) is 0 Å². The van der Waals surface area contributed by atoms with E-state index < -0.39 is 9.28 Å². The highest BCUT2D eigenvalue weighted by Crippen LogP contribution is 2.26. The number of hydrogen-bond donors (Lipinski definition) is 0. The quantitative estimate of drug-likeness (QED) is 0.666. The van der Waals surface area contributed by atoms with Crippen LogP contribution in [0.5, 0.6) is 0 Å². The zero-order valence-corrected chi connectivity index (χ0v) is 14.2. The summed E-state index contributed by atoms with van der Waals surface area (Å²) in [5, 5.41) is 0. The van der Waals surface area contributed by atoms with Crippen LogP contribution in [0.25, 0.3) is 0 Å². The molecule has 0 aliphatic carbocycles. The van der Waals surface area contributed by atoms with Crippen molar-refractivity contribution in [2.24, 2.45) is 0 Å². The predicted molar refractivity (Wildman–Crippen MR) is 82.2 cm³/mol. The molecule has 1 rings (SSSR count). The lowest BCUT2D eigenvalue weighted by molar-refractivity contribution is 0.203. The van der Waals surface area contributed by atoms with E-state index in [0.29, 0.717) is 5.54 Å². The molecule has 18 heavy (non-hydrogen) atoms. The van der Waals surface area contributed by atoms with Crippen LogP contribution in [0.3, 0.4) is 0 Å². The molecule has 1 aromatic rings. The molecule has 1 atom stereocenters. The summed E-state index contributed by atoms with van der Waals surface area (Å²) in [4.78, 5) is 0. The summed E-state index contributed by atoms with van der Waals surface area (Å²) in [5.41, 5.74) is 1.79. The molecule has 0 aliphatic heterocycles. The van der Waals surface area contributed by atoms with Crippen LogP contribution in [0.2, 0.25) is 0 Å². The third-order valence-corrected chi connectivity index (χ3v) is 6.12. The monoisotopic (exact) mass is 330 g/mol. The topological polar surface area (TPSA) is 18.5 Å². The fourth-order valence-electron chi connectivity index (χ4n) is 2.09. The zero-order valence-electron chi connectivity index (χ0n) is 11.5. The van der Waals surface area contributed by atoms with Crippen molar-refractivity contribution < 1.29 is 8.85 Å². The van der Waals surface area contributed by atoms with Crippen LogP contribution < -0.4 is 0 Å². The summed E-state index contributed by atoms with van der Waals surface area (Å²) in [6.07, 6.45) is 2.29. The fourth-order valence-corrected chi connectivity index (χ4v) is 4.71. The normalized spacial score (nSPS) is 12.9. The van der Waals surface area contributed by atoms with Crippen molar-refractivity contribution >= 4 is 25.2 Å². The maximum Gasteiger partial charge on any atom is 0.329 e. The van der Waals surface area contributed by atoms with Crippen LogP contribution in [0.1, 0.15) is 44.7 Å². The van der Waals surface area contributed by atoms with E-state index in [1.807, 2.05) is 13.8 Å². The maximum absolute atomic E-state index is 5.89. The Kier molecular flexibility index (Phi) is 7.82. The summed E-state index contributed by atoms with van der Waals surface area (Å²) in [5.74, 6) is 0. The average molecular weight is 331 g/mol. The molecular formula is C14H23BrO2Si. The number of benzene rings is 1. The Morgan fingerprint density at radius 1 is 1.06 bits per heavy atom. The van der Waals surface area contributed by atoms with Gasteiger partial charge < -0.3 is 8.85 Å². The van der Waals surface area contributed by atoms with Gasteiger partial charge in [0.25, 0.3) is 0 Å². The Morgan fingerprint density at radius 3 is 2.06 bits per heavy atom. The zero-order chi connectivity index (χ0) is 13.4. The van der Waals surface area contributed by atoms with Crippen molar-refractivity contribution in [1.29, 1.82) is 0 Å². The Balaban J connectivity index is 2.87. The molecule has 0 aliphatic rings. The molecule has 1 aromatic carbocycles. The van der Waals surface area contributed by atoms with Crippen LogP contribution in [0.15, 0.2) is 28.7 Å². The van der Waals surface area contributed by atoms with E-state index in [1.54, 1.807) is 0 Å². The van der Waals surface area contributed by atoms with Gasteiger partial charge in [0, 0.05) is 23.2 Å². The molecule has 0 fully saturated rings. The first kappa shape index (κ1) is 15.9. The first-order valence-corrected chi connectivity index (χ1v) is 9.11. The molecule has 0 heterocycles. The van der Waals surface area contributed by atoms with Crippen molar-refractivity contribution in [1.82, 2.24) is 0 Å². The third-order valence-electron chi connectivity index (χ3n) is 2.89. The largest absolute Gasteiger partial charge is 0.396 e. The van der Waals surface area contributed by atoms with Gasteiger partial charge in [-0.05, 0) is 38.0 Å². The number of rotatable bonds is 8. The summed E-state index contributed by atoms with van der Waals surface area (Å²) in [6, 6.07) is 8.56. The van der Waals surface area contributed by atoms with Gasteiger partial charge >= 0.3 is 9.28 Å². The van der Waals surface area contributed by atoms with E-state index in [9.17, 15) is 0 Å². The van der Waals surface area contributed by atoms with Crippen LogP contribution in [-0.4, -0.2) is 22.5 Å². The van der Waals surface area contributed by atoms with Crippen LogP contribution in [0, 0.1) is 0 Å². The minimum absolute atomic E-state index is 0.447. The molecule has 0 N–H and O–H groups in total. The van der Waals surface area contributed by atoms with Gasteiger partial charge in [-0.25, -0.2) is 0 Å². The molecule has 0 aromatic heterocycles. The fraction of sp³-hybridized carbons (Fsp3) is 0.571. The van der Waals surface area contributed by atoms with Crippen molar-refractivity contribution in [3.05, 3.63) is 34.3 Å². The molecule has 0 bridgehead atoms. The predicted octanol–water partition coefficient (Wildman–Crippen LogP) is 4.17. The van der Waals surface area contributed by atoms with Gasteiger partial charge in [-0.2, -0.15) is 0 Å². The smallest absolute Gasteiger partial charge is 0.329 e. The Morgan fingerprint density at radius 2 is 1.61 bits per heavy atom. The molecule has 0 spiro atoms. The Labute approximate surface area is 121 Å². The summed E-state index contributed by atoms with van der Waals surface area (Å²) >= 11 is 3.48. The van der Waals surface area contributed by atoms with Gasteiger partial charge in [0.15, 0.2) is 0 Å². The summed E-state index contributed by atoms with van der Waals surface area (Å²) < 4.78 is 12.9. The molecule has 1 unspecified atom stereocenters. The molecule has 0 saturated carbocycles. The lowest BCUT2D eigenvalue weighted by Crippen LogP contribution is -2.31. The van der Waals surface area contributed by atoms with Gasteiger partial charge in [-0.1, -0.05) is 41.4 Å². The highest BCUT2D eigenvalue weighted by atomic mass is 79.9. The number of hydrogen-bond acceptors (Lipinski definition) is 2. The van der Waals surface area contributed by atoms with E-state index in [-0.39, 0.29) is 0 Å². The first-order chi connectivity index (χ1) is 8.72. The minimum atomic E-state index is -1.62. The first-order valence-electron chi connectivity index (χ1n) is 6.71. The van der Waals surface area contributed by atoms with E-state index in [0.717, 1.165) is 30.5 Å². The average Bonchev–Trinajstić information content (AvgIpc) is 2.37. The highest BCUT2D eigenvalue weighted by Gasteiger charge is 2.26. The Hall–Kier alpha value is -0.163. The lowest BCUT2D eigenvalue weighted by Gasteiger charge is -2.25. The molecule has 0 saturated heterocycles. The van der Waals surface area contributed by atoms with Gasteiger partial charge in [-0.3, -0.25) is 0 Å². The molecule has 102 valence electrons. The van der Waals surface area contributed by atoms with Gasteiger partial charge in [0.05, 0.1) is 0 Å². The second-order valence-corrected chi connectivity index (χ2v) is 7.35. The van der Waals surface area contributed by atoms with Gasteiger partial charge in [-0.15, -0.1) is 0 Å². The minimum Gasteiger partial charge on any atom is -0.396 e. The Bertz CT molecular complexity index is 323. The summed E-state index contributed by atoms with van der Waals surface area (Å²) in [7, 11) is -1.62. The second kappa shape index (κ2) is 8.86. The molecule has 0 amide bonds.